The van der Waals surface area contributed by atoms with Crippen LogP contribution in [0.2, 0.25) is 0 Å². The van der Waals surface area contributed by atoms with Crippen LogP contribution in [0.25, 0.3) is 0 Å². The molecule has 0 radical (unpaired) electrons. The quantitative estimate of drug-likeness (QED) is 0.836. The van der Waals surface area contributed by atoms with E-state index in [-0.39, 0.29) is 24.8 Å². The van der Waals surface area contributed by atoms with Gasteiger partial charge in [-0.3, -0.25) is 0 Å². The lowest BCUT2D eigenvalue weighted by Gasteiger charge is -2.13. The number of nitrogens with two attached hydrogens (primary N) is 1. The van der Waals surface area contributed by atoms with Crippen molar-refractivity contribution in [1.29, 1.82) is 0 Å². The molecule has 0 aromatic carbocycles. The van der Waals surface area contributed by atoms with Crippen LogP contribution in [0, 0.1) is 0 Å². The molecular formula is C8H16Cl2N4. The van der Waals surface area contributed by atoms with Gasteiger partial charge in [0.1, 0.15) is 11.6 Å². The maximum Gasteiger partial charge on any atom is 0.134 e. The van der Waals surface area contributed by atoms with Crippen LogP contribution in [0.4, 0.5) is 0 Å². The van der Waals surface area contributed by atoms with Gasteiger partial charge in [0.05, 0.1) is 0 Å². The van der Waals surface area contributed by atoms with E-state index in [1.165, 1.54) is 12.8 Å². The van der Waals surface area contributed by atoms with Crippen molar-refractivity contribution < 1.29 is 0 Å². The minimum Gasteiger partial charge on any atom is -0.330 e. The monoisotopic (exact) mass is 238 g/mol. The number of nitrogens with zero attached hydrogens (tertiary/aromatic N) is 3. The van der Waals surface area contributed by atoms with Gasteiger partial charge in [-0.25, -0.2) is 0 Å². The van der Waals surface area contributed by atoms with E-state index in [4.69, 9.17) is 5.73 Å². The highest BCUT2D eigenvalue weighted by molar-refractivity contribution is 5.85. The predicted molar refractivity (Wildman–Crippen MR) is 60.2 cm³/mol. The van der Waals surface area contributed by atoms with Crippen molar-refractivity contribution in [2.24, 2.45) is 5.73 Å². The van der Waals surface area contributed by atoms with Crippen LogP contribution in [0.1, 0.15) is 24.5 Å². The second-order valence-corrected chi connectivity index (χ2v) is 3.18. The summed E-state index contributed by atoms with van der Waals surface area (Å²) in [5.41, 5.74) is 5.47. The van der Waals surface area contributed by atoms with Crippen LogP contribution in [0.3, 0.4) is 0 Å². The minimum atomic E-state index is 0. The van der Waals surface area contributed by atoms with Gasteiger partial charge in [-0.2, -0.15) is 0 Å². The Labute approximate surface area is 96.1 Å². The molecule has 0 aliphatic carbocycles. The molecule has 2 rings (SSSR count). The molecule has 0 fully saturated rings. The summed E-state index contributed by atoms with van der Waals surface area (Å²) in [5.74, 6) is 2.21. The van der Waals surface area contributed by atoms with E-state index in [0.717, 1.165) is 31.0 Å². The lowest BCUT2D eigenvalue weighted by atomic mass is 10.1. The molecule has 2 heterocycles. The Morgan fingerprint density at radius 1 is 1.21 bits per heavy atom. The fourth-order valence-electron chi connectivity index (χ4n) is 1.68. The van der Waals surface area contributed by atoms with E-state index in [0.29, 0.717) is 6.54 Å². The number of aromatic nitrogens is 3. The Balaban J connectivity index is 0.000000845. The molecule has 0 atom stereocenters. The van der Waals surface area contributed by atoms with Crippen molar-refractivity contribution in [3.05, 3.63) is 11.6 Å². The highest BCUT2D eigenvalue weighted by Crippen LogP contribution is 2.13. The largest absolute Gasteiger partial charge is 0.330 e. The van der Waals surface area contributed by atoms with Gasteiger partial charge in [0.2, 0.25) is 0 Å². The van der Waals surface area contributed by atoms with Crippen LogP contribution in [-0.2, 0) is 19.4 Å². The number of halogens is 2. The molecule has 1 aliphatic heterocycles. The van der Waals surface area contributed by atoms with E-state index in [1.54, 1.807) is 0 Å². The summed E-state index contributed by atoms with van der Waals surface area (Å²) in [5, 5.41) is 8.25. The van der Waals surface area contributed by atoms with Crippen molar-refractivity contribution in [2.45, 2.75) is 32.2 Å². The number of aryl methyl sites for hydroxylation is 1. The molecule has 14 heavy (non-hydrogen) atoms. The molecule has 0 unspecified atom stereocenters. The normalized spacial score (nSPS) is 13.8. The fraction of sp³-hybridized carbons (Fsp3) is 0.750. The first kappa shape index (κ1) is 13.7. The Hall–Kier alpha value is -0.320. The molecule has 0 amide bonds. The van der Waals surface area contributed by atoms with Gasteiger partial charge in [0.15, 0.2) is 0 Å². The highest BCUT2D eigenvalue weighted by Gasteiger charge is 2.14. The van der Waals surface area contributed by atoms with E-state index in [1.807, 2.05) is 0 Å². The third kappa shape index (κ3) is 2.59. The summed E-state index contributed by atoms with van der Waals surface area (Å²) in [7, 11) is 0. The SMILES string of the molecule is Cl.Cl.NCCc1nnc2n1CCCC2. The molecule has 2 N–H and O–H groups in total. The van der Waals surface area contributed by atoms with Gasteiger partial charge in [0, 0.05) is 19.4 Å². The number of fused-ring (bicyclic) bond motifs is 1. The van der Waals surface area contributed by atoms with E-state index in [9.17, 15) is 0 Å². The molecule has 1 aliphatic rings. The molecule has 6 heteroatoms. The molecule has 0 bridgehead atoms. The molecule has 0 saturated carbocycles. The van der Waals surface area contributed by atoms with E-state index in [2.05, 4.69) is 14.8 Å². The van der Waals surface area contributed by atoms with Crippen molar-refractivity contribution >= 4 is 24.8 Å². The average molecular weight is 239 g/mol. The first-order valence-corrected chi connectivity index (χ1v) is 4.53. The maximum absolute atomic E-state index is 5.47. The summed E-state index contributed by atoms with van der Waals surface area (Å²) >= 11 is 0. The smallest absolute Gasteiger partial charge is 0.134 e. The van der Waals surface area contributed by atoms with Gasteiger partial charge in [-0.1, -0.05) is 0 Å². The first-order chi connectivity index (χ1) is 5.92. The molecule has 4 nitrogen and oxygen atoms in total. The van der Waals surface area contributed by atoms with Crippen LogP contribution in [-0.4, -0.2) is 21.3 Å². The molecule has 82 valence electrons. The standard InChI is InChI=1S/C8H14N4.2ClH/c9-5-4-8-11-10-7-3-1-2-6-12(7)8;;/h1-6,9H2;2*1H. The van der Waals surface area contributed by atoms with Crippen molar-refractivity contribution in [2.75, 3.05) is 6.54 Å². The molecule has 0 saturated heterocycles. The lowest BCUT2D eigenvalue weighted by molar-refractivity contribution is 0.507. The summed E-state index contributed by atoms with van der Waals surface area (Å²) < 4.78 is 2.22. The van der Waals surface area contributed by atoms with Crippen LogP contribution < -0.4 is 5.73 Å². The van der Waals surface area contributed by atoms with E-state index < -0.39 is 0 Å². The van der Waals surface area contributed by atoms with Crippen LogP contribution in [0.15, 0.2) is 0 Å². The lowest BCUT2D eigenvalue weighted by Crippen LogP contribution is -2.15. The molecule has 1 aromatic rings. The Morgan fingerprint density at radius 2 is 2.00 bits per heavy atom. The summed E-state index contributed by atoms with van der Waals surface area (Å²) in [6, 6.07) is 0. The zero-order valence-electron chi connectivity index (χ0n) is 7.98. The van der Waals surface area contributed by atoms with Crippen molar-refractivity contribution in [1.82, 2.24) is 14.8 Å². The second-order valence-electron chi connectivity index (χ2n) is 3.18. The fourth-order valence-corrected chi connectivity index (χ4v) is 1.68. The van der Waals surface area contributed by atoms with Crippen LogP contribution >= 0.6 is 24.8 Å². The summed E-state index contributed by atoms with van der Waals surface area (Å²) in [4.78, 5) is 0. The number of rotatable bonds is 2. The highest BCUT2D eigenvalue weighted by atomic mass is 35.5. The van der Waals surface area contributed by atoms with Crippen molar-refractivity contribution in [3.8, 4) is 0 Å². The second kappa shape index (κ2) is 6.22. The van der Waals surface area contributed by atoms with Gasteiger partial charge >= 0.3 is 0 Å². The Kier molecular flexibility index (Phi) is 6.08. The average Bonchev–Trinajstić information content (AvgIpc) is 2.50. The molecule has 0 spiro atoms. The maximum atomic E-state index is 5.47. The zero-order valence-corrected chi connectivity index (χ0v) is 9.61. The van der Waals surface area contributed by atoms with Gasteiger partial charge in [-0.15, -0.1) is 35.0 Å². The predicted octanol–water partition coefficient (Wildman–Crippen LogP) is 0.959. The Bertz CT molecular complexity index is 274. The summed E-state index contributed by atoms with van der Waals surface area (Å²) in [6.45, 7) is 1.75. The molecular weight excluding hydrogens is 223 g/mol. The zero-order chi connectivity index (χ0) is 8.39. The van der Waals surface area contributed by atoms with Gasteiger partial charge in [-0.05, 0) is 19.4 Å². The third-order valence-electron chi connectivity index (χ3n) is 2.30. The van der Waals surface area contributed by atoms with Crippen molar-refractivity contribution in [3.63, 3.8) is 0 Å². The number of hydrogen-bond donors (Lipinski definition) is 1. The Morgan fingerprint density at radius 3 is 2.71 bits per heavy atom. The van der Waals surface area contributed by atoms with Crippen LogP contribution in [0.5, 0.6) is 0 Å². The van der Waals surface area contributed by atoms with Gasteiger partial charge in [0.25, 0.3) is 0 Å². The topological polar surface area (TPSA) is 56.7 Å². The van der Waals surface area contributed by atoms with E-state index >= 15 is 0 Å². The first-order valence-electron chi connectivity index (χ1n) is 4.53. The summed E-state index contributed by atoms with van der Waals surface area (Å²) in [6.07, 6.45) is 4.44. The third-order valence-corrected chi connectivity index (χ3v) is 2.30. The molecule has 1 aromatic heterocycles. The number of hydrogen-bond acceptors (Lipinski definition) is 3. The van der Waals surface area contributed by atoms with Gasteiger partial charge < -0.3 is 10.3 Å². The minimum absolute atomic E-state index is 0.